The Bertz CT molecular complexity index is 1030. The second-order valence-corrected chi connectivity index (χ2v) is 9.25. The van der Waals surface area contributed by atoms with Crippen molar-refractivity contribution in [2.24, 2.45) is 5.92 Å². The molecule has 3 aliphatic rings. The largest absolute Gasteiger partial charge is 0.341 e. The van der Waals surface area contributed by atoms with Crippen molar-refractivity contribution < 1.29 is 14.4 Å². The summed E-state index contributed by atoms with van der Waals surface area (Å²) in [6.07, 6.45) is 5.22. The minimum atomic E-state index is -1.02. The Labute approximate surface area is 188 Å². The number of aryl methyl sites for hydroxylation is 1. The molecule has 0 radical (unpaired) electrons. The van der Waals surface area contributed by atoms with E-state index in [0.29, 0.717) is 25.4 Å². The highest BCUT2D eigenvalue weighted by atomic mass is 16.2. The summed E-state index contributed by atoms with van der Waals surface area (Å²) in [5, 5.41) is 2.93. The molecule has 5 rings (SSSR count). The van der Waals surface area contributed by atoms with Gasteiger partial charge in [-0.3, -0.25) is 14.5 Å². The van der Waals surface area contributed by atoms with E-state index in [1.54, 1.807) is 0 Å². The third-order valence-corrected chi connectivity index (χ3v) is 7.28. The van der Waals surface area contributed by atoms with E-state index in [0.717, 1.165) is 48.1 Å². The topological polar surface area (TPSA) is 69.7 Å². The van der Waals surface area contributed by atoms with Crippen LogP contribution in [0.1, 0.15) is 42.4 Å². The van der Waals surface area contributed by atoms with Crippen LogP contribution >= 0.6 is 0 Å². The van der Waals surface area contributed by atoms with Crippen molar-refractivity contribution in [3.8, 4) is 0 Å². The van der Waals surface area contributed by atoms with Crippen molar-refractivity contribution in [2.45, 2.75) is 44.1 Å². The van der Waals surface area contributed by atoms with Crippen molar-refractivity contribution in [1.82, 2.24) is 15.1 Å². The number of piperidine rings is 1. The number of nitrogens with zero attached hydrogens (tertiary/aromatic N) is 2. The molecular weight excluding hydrogens is 402 g/mol. The van der Waals surface area contributed by atoms with E-state index >= 15 is 0 Å². The molecule has 1 N–H and O–H groups in total. The van der Waals surface area contributed by atoms with Gasteiger partial charge in [-0.15, -0.1) is 0 Å². The first kappa shape index (κ1) is 20.7. The van der Waals surface area contributed by atoms with Crippen LogP contribution in [0.2, 0.25) is 0 Å². The second kappa shape index (κ2) is 8.41. The number of carbonyl (C=O) groups excluding carboxylic acids is 3. The highest BCUT2D eigenvalue weighted by Crippen LogP contribution is 2.39. The number of carbonyl (C=O) groups is 3. The quantitative estimate of drug-likeness (QED) is 0.756. The molecule has 0 aromatic heterocycles. The fourth-order valence-electron chi connectivity index (χ4n) is 5.52. The molecule has 6 heteroatoms. The molecule has 2 aromatic rings. The molecule has 2 heterocycles. The molecule has 32 heavy (non-hydrogen) atoms. The molecule has 0 bridgehead atoms. The first-order valence-corrected chi connectivity index (χ1v) is 11.6. The Morgan fingerprint density at radius 3 is 2.50 bits per heavy atom. The number of urea groups is 1. The molecule has 2 aliphatic heterocycles. The fraction of sp³-hybridized carbons (Fsp3) is 0.423. The van der Waals surface area contributed by atoms with E-state index in [-0.39, 0.29) is 18.4 Å². The Balaban J connectivity index is 1.22. The normalized spacial score (nSPS) is 23.4. The van der Waals surface area contributed by atoms with Crippen LogP contribution in [0.3, 0.4) is 0 Å². The Morgan fingerprint density at radius 1 is 1.00 bits per heavy atom. The second-order valence-electron chi connectivity index (χ2n) is 9.25. The highest BCUT2D eigenvalue weighted by molar-refractivity contribution is 6.09. The van der Waals surface area contributed by atoms with Crippen LogP contribution in [-0.4, -0.2) is 47.3 Å². The van der Waals surface area contributed by atoms with E-state index in [1.165, 1.54) is 5.56 Å². The van der Waals surface area contributed by atoms with Crippen molar-refractivity contribution >= 4 is 17.8 Å². The van der Waals surface area contributed by atoms with Gasteiger partial charge in [0.2, 0.25) is 5.91 Å². The van der Waals surface area contributed by atoms with Gasteiger partial charge < -0.3 is 10.2 Å². The first-order chi connectivity index (χ1) is 15.6. The van der Waals surface area contributed by atoms with Crippen molar-refractivity contribution in [2.75, 3.05) is 19.6 Å². The number of fused-ring (bicyclic) bond motifs is 2. The third kappa shape index (κ3) is 3.68. The summed E-state index contributed by atoms with van der Waals surface area (Å²) < 4.78 is 0. The predicted octanol–water partition coefficient (Wildman–Crippen LogP) is 3.25. The first-order valence-electron chi connectivity index (χ1n) is 11.6. The molecule has 2 saturated heterocycles. The maximum Gasteiger partial charge on any atom is 0.325 e. The number of amides is 4. The minimum absolute atomic E-state index is 0.146. The van der Waals surface area contributed by atoms with E-state index in [4.69, 9.17) is 0 Å². The van der Waals surface area contributed by atoms with Gasteiger partial charge >= 0.3 is 6.03 Å². The zero-order valence-electron chi connectivity index (χ0n) is 18.3. The lowest BCUT2D eigenvalue weighted by Crippen LogP contribution is -2.48. The van der Waals surface area contributed by atoms with Gasteiger partial charge in [-0.05, 0) is 61.1 Å². The molecule has 1 atom stereocenters. The van der Waals surface area contributed by atoms with Crippen molar-refractivity contribution in [3.63, 3.8) is 0 Å². The van der Waals surface area contributed by atoms with Crippen LogP contribution in [0.15, 0.2) is 54.6 Å². The van der Waals surface area contributed by atoms with Crippen LogP contribution in [0.25, 0.3) is 0 Å². The number of imide groups is 1. The van der Waals surface area contributed by atoms with Gasteiger partial charge in [0.05, 0.1) is 0 Å². The Hall–Kier alpha value is -3.15. The number of nitrogens with one attached hydrogen (secondary N) is 1. The fourth-order valence-corrected chi connectivity index (χ4v) is 5.52. The molecule has 4 amide bonds. The molecule has 6 nitrogen and oxygen atoms in total. The van der Waals surface area contributed by atoms with Crippen LogP contribution < -0.4 is 5.32 Å². The summed E-state index contributed by atoms with van der Waals surface area (Å²) in [6.45, 7) is 1.17. The lowest BCUT2D eigenvalue weighted by atomic mass is 9.76. The third-order valence-electron chi connectivity index (χ3n) is 7.28. The SMILES string of the molecule is O=C(CN1C(=O)N[C@@]2(CCCc3ccccc32)C1=O)N1CCC(Cc2ccccc2)CC1. The lowest BCUT2D eigenvalue weighted by molar-refractivity contribution is -0.140. The smallest absolute Gasteiger partial charge is 0.325 e. The van der Waals surface area contributed by atoms with Crippen LogP contribution in [0, 0.1) is 5.92 Å². The summed E-state index contributed by atoms with van der Waals surface area (Å²) in [4.78, 5) is 42.1. The molecule has 1 spiro atoms. The van der Waals surface area contributed by atoms with E-state index in [9.17, 15) is 14.4 Å². The number of hydrogen-bond donors (Lipinski definition) is 1. The van der Waals surface area contributed by atoms with Gasteiger partial charge in [0, 0.05) is 13.1 Å². The molecular formula is C26H29N3O3. The average molecular weight is 432 g/mol. The molecule has 2 aromatic carbocycles. The van der Waals surface area contributed by atoms with Crippen molar-refractivity contribution in [1.29, 1.82) is 0 Å². The number of benzene rings is 2. The standard InChI is InChI=1S/C26H29N3O3/c30-23(28-15-12-20(13-16-28)17-19-7-2-1-3-8-19)18-29-24(31)26(27-25(29)32)14-6-10-21-9-4-5-11-22(21)26/h1-5,7-9,11,20H,6,10,12-18H2,(H,27,32)/t26-/m1/s1. The van der Waals surface area contributed by atoms with Crippen molar-refractivity contribution in [3.05, 3.63) is 71.3 Å². The van der Waals surface area contributed by atoms with Crippen LogP contribution in [-0.2, 0) is 28.0 Å². The summed E-state index contributed by atoms with van der Waals surface area (Å²) >= 11 is 0. The van der Waals surface area contributed by atoms with E-state index < -0.39 is 11.6 Å². The highest BCUT2D eigenvalue weighted by Gasteiger charge is 2.54. The van der Waals surface area contributed by atoms with Gasteiger partial charge in [-0.2, -0.15) is 0 Å². The minimum Gasteiger partial charge on any atom is -0.341 e. The monoisotopic (exact) mass is 431 g/mol. The van der Waals surface area contributed by atoms with Gasteiger partial charge in [0.25, 0.3) is 5.91 Å². The van der Waals surface area contributed by atoms with Gasteiger partial charge in [0.15, 0.2) is 0 Å². The number of likely N-dealkylation sites (tertiary alicyclic amines) is 1. The molecule has 166 valence electrons. The van der Waals surface area contributed by atoms with Gasteiger partial charge in [-0.25, -0.2) is 4.79 Å². The molecule has 0 saturated carbocycles. The Morgan fingerprint density at radius 2 is 1.72 bits per heavy atom. The Kier molecular flexibility index (Phi) is 5.45. The zero-order chi connectivity index (χ0) is 22.1. The number of hydrogen-bond acceptors (Lipinski definition) is 3. The van der Waals surface area contributed by atoms with Crippen LogP contribution in [0.4, 0.5) is 4.79 Å². The predicted molar refractivity (Wildman–Crippen MR) is 121 cm³/mol. The molecule has 0 unspecified atom stereocenters. The van der Waals surface area contributed by atoms with E-state index in [2.05, 4.69) is 29.6 Å². The summed E-state index contributed by atoms with van der Waals surface area (Å²) in [5.41, 5.74) is 2.28. The van der Waals surface area contributed by atoms with Gasteiger partial charge in [-0.1, -0.05) is 54.6 Å². The summed E-state index contributed by atoms with van der Waals surface area (Å²) in [7, 11) is 0. The van der Waals surface area contributed by atoms with Gasteiger partial charge in [0.1, 0.15) is 12.1 Å². The van der Waals surface area contributed by atoms with Crippen LogP contribution in [0.5, 0.6) is 0 Å². The summed E-state index contributed by atoms with van der Waals surface area (Å²) in [5.74, 6) is 0.120. The maximum atomic E-state index is 13.4. The summed E-state index contributed by atoms with van der Waals surface area (Å²) in [6, 6.07) is 17.8. The maximum absolute atomic E-state index is 13.4. The van der Waals surface area contributed by atoms with E-state index in [1.807, 2.05) is 35.2 Å². The molecule has 2 fully saturated rings. The zero-order valence-corrected chi connectivity index (χ0v) is 18.3. The molecule has 1 aliphatic carbocycles. The number of rotatable bonds is 4. The average Bonchev–Trinajstić information content (AvgIpc) is 3.05. The lowest BCUT2D eigenvalue weighted by Gasteiger charge is -2.34.